The second kappa shape index (κ2) is 5.46. The Bertz CT molecular complexity index is 460. The van der Waals surface area contributed by atoms with Crippen LogP contribution in [0.3, 0.4) is 0 Å². The fourth-order valence-electron chi connectivity index (χ4n) is 2.40. The largest absolute Gasteiger partial charge is 0.396 e. The van der Waals surface area contributed by atoms with Crippen molar-refractivity contribution in [3.05, 3.63) is 23.7 Å². The van der Waals surface area contributed by atoms with Crippen molar-refractivity contribution in [2.24, 2.45) is 11.8 Å². The summed E-state index contributed by atoms with van der Waals surface area (Å²) in [5.74, 6) is 0.673. The summed E-state index contributed by atoms with van der Waals surface area (Å²) in [4.78, 5) is 8.25. The number of allylic oxidation sites excluding steroid dienone is 1. The van der Waals surface area contributed by atoms with E-state index in [4.69, 9.17) is 10.8 Å². The molecule has 0 unspecified atom stereocenters. The normalized spacial score (nSPS) is 17.2. The van der Waals surface area contributed by atoms with Crippen molar-refractivity contribution >= 4 is 11.4 Å². The Morgan fingerprint density at radius 1 is 1.33 bits per heavy atom. The van der Waals surface area contributed by atoms with Crippen LogP contribution in [0.1, 0.15) is 24.6 Å². The molecule has 0 radical (unpaired) electrons. The lowest BCUT2D eigenvalue weighted by Crippen LogP contribution is -2.15. The van der Waals surface area contributed by atoms with Gasteiger partial charge in [-0.15, -0.1) is 0 Å². The number of aromatic nitrogens is 2. The van der Waals surface area contributed by atoms with Crippen molar-refractivity contribution in [1.82, 2.24) is 9.97 Å². The van der Waals surface area contributed by atoms with Crippen molar-refractivity contribution in [1.29, 1.82) is 0 Å². The highest BCUT2D eigenvalue weighted by Gasteiger charge is 2.25. The number of nitrogens with zero attached hydrogens (tertiary/aromatic N) is 2. The first-order valence-corrected chi connectivity index (χ1v) is 6.18. The van der Waals surface area contributed by atoms with E-state index in [0.717, 1.165) is 29.7 Å². The molecule has 1 aliphatic rings. The summed E-state index contributed by atoms with van der Waals surface area (Å²) in [5, 5.41) is 18.6. The molecule has 0 aliphatic heterocycles. The maximum absolute atomic E-state index is 9.53. The molecule has 1 aromatic heterocycles. The Morgan fingerprint density at radius 3 is 2.78 bits per heavy atom. The highest BCUT2D eigenvalue weighted by Crippen LogP contribution is 2.35. The van der Waals surface area contributed by atoms with E-state index in [2.05, 4.69) is 16.0 Å². The number of hydrogen-bond acceptors (Lipinski definition) is 5. The second-order valence-electron chi connectivity index (χ2n) is 4.85. The third-order valence-electron chi connectivity index (χ3n) is 3.44. The summed E-state index contributed by atoms with van der Waals surface area (Å²) in [6.45, 7) is 2.15. The summed E-state index contributed by atoms with van der Waals surface area (Å²) >= 11 is 0. The first kappa shape index (κ1) is 13.0. The first-order valence-electron chi connectivity index (χ1n) is 6.18. The van der Waals surface area contributed by atoms with Crippen LogP contribution in [0.5, 0.6) is 0 Å². The van der Waals surface area contributed by atoms with E-state index in [1.807, 2.05) is 6.92 Å². The van der Waals surface area contributed by atoms with E-state index in [0.29, 0.717) is 5.82 Å². The SMILES string of the molecule is C[C@H](CO)C[C@H](CO)C1=CCc2c(N)ncnc21. The van der Waals surface area contributed by atoms with E-state index in [1.54, 1.807) is 0 Å². The third kappa shape index (κ3) is 2.37. The van der Waals surface area contributed by atoms with Crippen molar-refractivity contribution in [2.75, 3.05) is 18.9 Å². The van der Waals surface area contributed by atoms with E-state index in [9.17, 15) is 5.11 Å². The average molecular weight is 249 g/mol. The lowest BCUT2D eigenvalue weighted by molar-refractivity contribution is 0.191. The zero-order valence-electron chi connectivity index (χ0n) is 10.5. The van der Waals surface area contributed by atoms with E-state index < -0.39 is 0 Å². The van der Waals surface area contributed by atoms with E-state index >= 15 is 0 Å². The molecule has 5 nitrogen and oxygen atoms in total. The van der Waals surface area contributed by atoms with Crippen LogP contribution in [-0.4, -0.2) is 33.4 Å². The number of fused-ring (bicyclic) bond motifs is 1. The smallest absolute Gasteiger partial charge is 0.130 e. The van der Waals surface area contributed by atoms with Gasteiger partial charge in [-0.2, -0.15) is 0 Å². The number of rotatable bonds is 5. The molecule has 0 bridgehead atoms. The molecule has 5 heteroatoms. The Kier molecular flexibility index (Phi) is 3.93. The molecular weight excluding hydrogens is 230 g/mol. The molecule has 0 fully saturated rings. The predicted octanol–water partition coefficient (Wildman–Crippen LogP) is 0.625. The van der Waals surface area contributed by atoms with Crippen LogP contribution in [0.4, 0.5) is 5.82 Å². The van der Waals surface area contributed by atoms with Gasteiger partial charge < -0.3 is 15.9 Å². The van der Waals surface area contributed by atoms with Crippen LogP contribution in [0.2, 0.25) is 0 Å². The molecule has 2 rings (SSSR count). The maximum atomic E-state index is 9.53. The zero-order valence-corrected chi connectivity index (χ0v) is 10.5. The highest BCUT2D eigenvalue weighted by molar-refractivity contribution is 5.74. The molecule has 0 aromatic carbocycles. The second-order valence-corrected chi connectivity index (χ2v) is 4.85. The fourth-order valence-corrected chi connectivity index (χ4v) is 2.40. The molecule has 0 saturated carbocycles. The molecular formula is C13H19N3O2. The van der Waals surface area contributed by atoms with E-state index in [-0.39, 0.29) is 25.0 Å². The molecule has 0 amide bonds. The van der Waals surface area contributed by atoms with Crippen molar-refractivity contribution in [3.8, 4) is 0 Å². The van der Waals surface area contributed by atoms with Crippen LogP contribution >= 0.6 is 0 Å². The van der Waals surface area contributed by atoms with Gasteiger partial charge in [-0.25, -0.2) is 9.97 Å². The number of aliphatic hydroxyl groups excluding tert-OH is 2. The molecule has 18 heavy (non-hydrogen) atoms. The fraction of sp³-hybridized carbons (Fsp3) is 0.538. The Labute approximate surface area is 106 Å². The van der Waals surface area contributed by atoms with Gasteiger partial charge in [-0.3, -0.25) is 0 Å². The van der Waals surface area contributed by atoms with Crippen LogP contribution in [0.15, 0.2) is 12.4 Å². The van der Waals surface area contributed by atoms with Gasteiger partial charge in [0.25, 0.3) is 0 Å². The van der Waals surface area contributed by atoms with Gasteiger partial charge in [0.2, 0.25) is 0 Å². The summed E-state index contributed by atoms with van der Waals surface area (Å²) in [5.41, 5.74) is 8.65. The van der Waals surface area contributed by atoms with Gasteiger partial charge in [-0.1, -0.05) is 13.0 Å². The topological polar surface area (TPSA) is 92.3 Å². The Hall–Kier alpha value is -1.46. The molecule has 98 valence electrons. The van der Waals surface area contributed by atoms with Crippen molar-refractivity contribution < 1.29 is 10.2 Å². The Balaban J connectivity index is 2.23. The average Bonchev–Trinajstić information content (AvgIpc) is 2.81. The van der Waals surface area contributed by atoms with Gasteiger partial charge in [0.05, 0.1) is 12.3 Å². The van der Waals surface area contributed by atoms with Crippen molar-refractivity contribution in [2.45, 2.75) is 19.8 Å². The van der Waals surface area contributed by atoms with Crippen LogP contribution < -0.4 is 5.73 Å². The van der Waals surface area contributed by atoms with Crippen LogP contribution in [-0.2, 0) is 6.42 Å². The quantitative estimate of drug-likeness (QED) is 0.711. The lowest BCUT2D eigenvalue weighted by atomic mass is 9.89. The molecule has 2 atom stereocenters. The molecule has 1 aromatic rings. The number of hydrogen-bond donors (Lipinski definition) is 3. The van der Waals surface area contributed by atoms with Gasteiger partial charge in [0.1, 0.15) is 12.1 Å². The molecule has 1 heterocycles. The van der Waals surface area contributed by atoms with Gasteiger partial charge in [0.15, 0.2) is 0 Å². The molecule has 1 aliphatic carbocycles. The van der Waals surface area contributed by atoms with Gasteiger partial charge in [0, 0.05) is 18.1 Å². The zero-order chi connectivity index (χ0) is 13.1. The standard InChI is InChI=1S/C13H19N3O2/c1-8(5-17)4-9(6-18)10-2-3-11-12(10)15-7-16-13(11)14/h2,7-9,17-18H,3-6H2,1H3,(H2,14,15,16)/t8-,9+/m0/s1. The highest BCUT2D eigenvalue weighted by atomic mass is 16.3. The van der Waals surface area contributed by atoms with Crippen LogP contribution in [0.25, 0.3) is 5.57 Å². The van der Waals surface area contributed by atoms with Crippen LogP contribution in [0, 0.1) is 11.8 Å². The minimum absolute atomic E-state index is 0.00250. The summed E-state index contributed by atoms with van der Waals surface area (Å²) in [6.07, 6.45) is 4.97. The number of aliphatic hydroxyl groups is 2. The monoisotopic (exact) mass is 249 g/mol. The lowest BCUT2D eigenvalue weighted by Gasteiger charge is -2.19. The summed E-state index contributed by atoms with van der Waals surface area (Å²) < 4.78 is 0. The summed E-state index contributed by atoms with van der Waals surface area (Å²) in [7, 11) is 0. The van der Waals surface area contributed by atoms with Crippen molar-refractivity contribution in [3.63, 3.8) is 0 Å². The summed E-state index contributed by atoms with van der Waals surface area (Å²) in [6, 6.07) is 0. The number of nitrogens with two attached hydrogens (primary N) is 1. The predicted molar refractivity (Wildman–Crippen MR) is 69.6 cm³/mol. The number of anilines is 1. The third-order valence-corrected chi connectivity index (χ3v) is 3.44. The maximum Gasteiger partial charge on any atom is 0.130 e. The molecule has 4 N–H and O–H groups in total. The van der Waals surface area contributed by atoms with E-state index in [1.165, 1.54) is 6.33 Å². The number of nitrogen functional groups attached to an aromatic ring is 1. The molecule has 0 saturated heterocycles. The first-order chi connectivity index (χ1) is 8.67. The minimum atomic E-state index is 0.00250. The van der Waals surface area contributed by atoms with Gasteiger partial charge >= 0.3 is 0 Å². The minimum Gasteiger partial charge on any atom is -0.396 e. The Morgan fingerprint density at radius 2 is 2.11 bits per heavy atom. The molecule has 0 spiro atoms. The van der Waals surface area contributed by atoms with Gasteiger partial charge in [-0.05, 0) is 24.3 Å².